The van der Waals surface area contributed by atoms with Crippen molar-refractivity contribution in [3.63, 3.8) is 0 Å². The molecule has 0 saturated heterocycles. The second-order valence-corrected chi connectivity index (χ2v) is 7.68. The van der Waals surface area contributed by atoms with Crippen molar-refractivity contribution in [2.24, 2.45) is 0 Å². The van der Waals surface area contributed by atoms with E-state index in [1.54, 1.807) is 37.3 Å². The van der Waals surface area contributed by atoms with Gasteiger partial charge in [0.15, 0.2) is 0 Å². The third-order valence-corrected chi connectivity index (χ3v) is 5.70. The molecule has 2 N–H and O–H groups in total. The lowest BCUT2D eigenvalue weighted by Crippen LogP contribution is -2.28. The summed E-state index contributed by atoms with van der Waals surface area (Å²) in [5.74, 6) is -0.824. The van der Waals surface area contributed by atoms with Crippen LogP contribution in [0.2, 0.25) is 0 Å². The van der Waals surface area contributed by atoms with Crippen LogP contribution in [0.25, 0.3) is 0 Å². The molecule has 0 saturated carbocycles. The first-order valence-corrected chi connectivity index (χ1v) is 9.37. The normalized spacial score (nSPS) is 11.3. The first kappa shape index (κ1) is 18.6. The largest absolute Gasteiger partial charge is 0.326 e. The summed E-state index contributed by atoms with van der Waals surface area (Å²) in [5, 5.41) is 2.52. The summed E-state index contributed by atoms with van der Waals surface area (Å²) in [4.78, 5) is 11.9. The highest BCUT2D eigenvalue weighted by molar-refractivity contribution is 9.10. The van der Waals surface area contributed by atoms with Crippen molar-refractivity contribution in [2.75, 3.05) is 11.9 Å². The van der Waals surface area contributed by atoms with E-state index in [1.165, 1.54) is 12.1 Å². The Labute approximate surface area is 148 Å². The molecule has 0 aliphatic rings. The van der Waals surface area contributed by atoms with Crippen LogP contribution in [-0.4, -0.2) is 20.9 Å². The summed E-state index contributed by atoms with van der Waals surface area (Å²) in [6.07, 6.45) is -0.0703. The van der Waals surface area contributed by atoms with E-state index in [4.69, 9.17) is 0 Å². The van der Waals surface area contributed by atoms with Crippen LogP contribution < -0.4 is 10.0 Å². The Bertz CT molecular complexity index is 856. The van der Waals surface area contributed by atoms with Crippen molar-refractivity contribution in [3.05, 3.63) is 58.3 Å². The fourth-order valence-corrected chi connectivity index (χ4v) is 3.97. The minimum atomic E-state index is -3.71. The lowest BCUT2D eigenvalue weighted by molar-refractivity contribution is -0.116. The van der Waals surface area contributed by atoms with Crippen molar-refractivity contribution in [1.82, 2.24) is 4.72 Å². The third kappa shape index (κ3) is 4.86. The fourth-order valence-electron chi connectivity index (χ4n) is 1.93. The molecule has 0 bridgehead atoms. The van der Waals surface area contributed by atoms with E-state index in [-0.39, 0.29) is 17.9 Å². The lowest BCUT2D eigenvalue weighted by atomic mass is 10.2. The Morgan fingerprint density at radius 1 is 1.21 bits per heavy atom. The van der Waals surface area contributed by atoms with Crippen molar-refractivity contribution in [2.45, 2.75) is 18.2 Å². The van der Waals surface area contributed by atoms with Gasteiger partial charge in [-0.25, -0.2) is 17.5 Å². The van der Waals surface area contributed by atoms with Crippen LogP contribution in [0.5, 0.6) is 0 Å². The molecule has 2 aromatic rings. The Balaban J connectivity index is 1.90. The summed E-state index contributed by atoms with van der Waals surface area (Å²) in [7, 11) is -3.71. The molecule has 2 rings (SSSR count). The number of hydrogen-bond acceptors (Lipinski definition) is 3. The van der Waals surface area contributed by atoms with Gasteiger partial charge >= 0.3 is 0 Å². The monoisotopic (exact) mass is 414 g/mol. The minimum absolute atomic E-state index is 0.0656. The van der Waals surface area contributed by atoms with Crippen LogP contribution in [0.3, 0.4) is 0 Å². The SMILES string of the molecule is Cc1ccc(NC(=O)CCNS(=O)(=O)c2ccccc2Br)cc1F. The highest BCUT2D eigenvalue weighted by Gasteiger charge is 2.17. The van der Waals surface area contributed by atoms with Crippen LogP contribution in [0, 0.1) is 12.7 Å². The first-order valence-electron chi connectivity index (χ1n) is 7.10. The van der Waals surface area contributed by atoms with Gasteiger partial charge in [0.2, 0.25) is 15.9 Å². The number of anilines is 1. The predicted octanol–water partition coefficient (Wildman–Crippen LogP) is 3.20. The number of aryl methyl sites for hydroxylation is 1. The van der Waals surface area contributed by atoms with Gasteiger partial charge in [0.05, 0.1) is 4.90 Å². The molecular weight excluding hydrogens is 399 g/mol. The number of nitrogens with one attached hydrogen (secondary N) is 2. The maximum atomic E-state index is 13.4. The van der Waals surface area contributed by atoms with Gasteiger partial charge in [-0.05, 0) is 52.7 Å². The van der Waals surface area contributed by atoms with E-state index in [1.807, 2.05) is 0 Å². The summed E-state index contributed by atoms with van der Waals surface area (Å²) in [6.45, 7) is 1.56. The maximum absolute atomic E-state index is 13.4. The summed E-state index contributed by atoms with van der Waals surface area (Å²) in [6, 6.07) is 10.8. The van der Waals surface area contributed by atoms with E-state index in [2.05, 4.69) is 26.0 Å². The molecule has 5 nitrogen and oxygen atoms in total. The molecule has 2 aromatic carbocycles. The van der Waals surface area contributed by atoms with Crippen LogP contribution in [0.1, 0.15) is 12.0 Å². The van der Waals surface area contributed by atoms with Crippen molar-refractivity contribution in [3.8, 4) is 0 Å². The van der Waals surface area contributed by atoms with Gasteiger partial charge in [0, 0.05) is 23.1 Å². The van der Waals surface area contributed by atoms with Gasteiger partial charge in [0.1, 0.15) is 5.82 Å². The Hall–Kier alpha value is -1.77. The van der Waals surface area contributed by atoms with Crippen molar-refractivity contribution in [1.29, 1.82) is 0 Å². The highest BCUT2D eigenvalue weighted by atomic mass is 79.9. The van der Waals surface area contributed by atoms with E-state index in [9.17, 15) is 17.6 Å². The number of carbonyl (C=O) groups excluding carboxylic acids is 1. The molecule has 0 aromatic heterocycles. The third-order valence-electron chi connectivity index (χ3n) is 3.23. The Morgan fingerprint density at radius 3 is 2.58 bits per heavy atom. The van der Waals surface area contributed by atoms with Gasteiger partial charge in [-0.15, -0.1) is 0 Å². The molecular formula is C16H16BrFN2O3S. The number of hydrogen-bond donors (Lipinski definition) is 2. The average molecular weight is 415 g/mol. The zero-order valence-electron chi connectivity index (χ0n) is 12.8. The van der Waals surface area contributed by atoms with Gasteiger partial charge in [-0.3, -0.25) is 4.79 Å². The molecule has 0 atom stereocenters. The van der Waals surface area contributed by atoms with E-state index >= 15 is 0 Å². The summed E-state index contributed by atoms with van der Waals surface area (Å²) in [5.41, 5.74) is 0.811. The quantitative estimate of drug-likeness (QED) is 0.761. The number of halogens is 2. The molecule has 0 heterocycles. The van der Waals surface area contributed by atoms with Gasteiger partial charge in [-0.1, -0.05) is 18.2 Å². The standard InChI is InChI=1S/C16H16BrFN2O3S/c1-11-6-7-12(10-14(11)18)20-16(21)8-9-19-24(22,23)15-5-3-2-4-13(15)17/h2-7,10,19H,8-9H2,1H3,(H,20,21). The van der Waals surface area contributed by atoms with Crippen molar-refractivity contribution < 1.29 is 17.6 Å². The molecule has 0 radical (unpaired) electrons. The zero-order chi connectivity index (χ0) is 17.7. The Kier molecular flexibility index (Phi) is 6.09. The van der Waals surface area contributed by atoms with Crippen LogP contribution in [-0.2, 0) is 14.8 Å². The molecule has 128 valence electrons. The van der Waals surface area contributed by atoms with Crippen LogP contribution >= 0.6 is 15.9 Å². The van der Waals surface area contributed by atoms with Crippen LogP contribution in [0.4, 0.5) is 10.1 Å². The topological polar surface area (TPSA) is 75.3 Å². The molecule has 0 unspecified atom stereocenters. The predicted molar refractivity (Wildman–Crippen MR) is 93.7 cm³/mol. The second kappa shape index (κ2) is 7.87. The van der Waals surface area contributed by atoms with Crippen molar-refractivity contribution >= 4 is 37.5 Å². The number of amides is 1. The highest BCUT2D eigenvalue weighted by Crippen LogP contribution is 2.20. The molecule has 0 aliphatic heterocycles. The number of benzene rings is 2. The second-order valence-electron chi connectivity index (χ2n) is 5.09. The molecule has 0 spiro atoms. The zero-order valence-corrected chi connectivity index (χ0v) is 15.2. The molecule has 1 amide bonds. The minimum Gasteiger partial charge on any atom is -0.326 e. The molecule has 24 heavy (non-hydrogen) atoms. The fraction of sp³-hybridized carbons (Fsp3) is 0.188. The van der Waals surface area contributed by atoms with E-state index in [0.29, 0.717) is 15.7 Å². The van der Waals surface area contributed by atoms with E-state index in [0.717, 1.165) is 0 Å². The maximum Gasteiger partial charge on any atom is 0.241 e. The smallest absolute Gasteiger partial charge is 0.241 e. The molecule has 8 heteroatoms. The molecule has 0 fully saturated rings. The average Bonchev–Trinajstić information content (AvgIpc) is 2.51. The summed E-state index contributed by atoms with van der Waals surface area (Å²) < 4.78 is 40.5. The van der Waals surface area contributed by atoms with Gasteiger partial charge in [0.25, 0.3) is 0 Å². The van der Waals surface area contributed by atoms with Gasteiger partial charge in [-0.2, -0.15) is 0 Å². The van der Waals surface area contributed by atoms with Crippen LogP contribution in [0.15, 0.2) is 51.8 Å². The van der Waals surface area contributed by atoms with Gasteiger partial charge < -0.3 is 5.32 Å². The number of sulfonamides is 1. The number of rotatable bonds is 6. The lowest BCUT2D eigenvalue weighted by Gasteiger charge is -2.09. The summed E-state index contributed by atoms with van der Waals surface area (Å²) >= 11 is 3.18. The molecule has 0 aliphatic carbocycles. The Morgan fingerprint density at radius 2 is 1.92 bits per heavy atom. The van der Waals surface area contributed by atoms with E-state index < -0.39 is 21.7 Å². The first-order chi connectivity index (χ1) is 11.3. The number of carbonyl (C=O) groups is 1.